The van der Waals surface area contributed by atoms with Crippen LogP contribution in [-0.4, -0.2) is 13.1 Å². The summed E-state index contributed by atoms with van der Waals surface area (Å²) in [6.07, 6.45) is 0. The molecule has 2 aromatic rings. The van der Waals surface area contributed by atoms with Crippen molar-refractivity contribution in [1.29, 1.82) is 0 Å². The van der Waals surface area contributed by atoms with Gasteiger partial charge in [-0.15, -0.1) is 0 Å². The van der Waals surface area contributed by atoms with Crippen LogP contribution >= 0.6 is 15.9 Å². The molecule has 0 aliphatic carbocycles. The van der Waals surface area contributed by atoms with Gasteiger partial charge in [-0.2, -0.15) is 0 Å². The number of benzene rings is 2. The summed E-state index contributed by atoms with van der Waals surface area (Å²) in [5.41, 5.74) is 3.51. The van der Waals surface area contributed by atoms with Crippen LogP contribution in [0.4, 0.5) is 10.1 Å². The van der Waals surface area contributed by atoms with Crippen molar-refractivity contribution < 1.29 is 4.39 Å². The lowest BCUT2D eigenvalue weighted by Crippen LogP contribution is -2.28. The van der Waals surface area contributed by atoms with Crippen molar-refractivity contribution in [3.63, 3.8) is 0 Å². The Morgan fingerprint density at radius 2 is 2.05 bits per heavy atom. The first-order valence-corrected chi connectivity index (χ1v) is 7.50. The van der Waals surface area contributed by atoms with Gasteiger partial charge >= 0.3 is 0 Å². The van der Waals surface area contributed by atoms with Gasteiger partial charge < -0.3 is 10.2 Å². The summed E-state index contributed by atoms with van der Waals surface area (Å²) in [6.45, 7) is 3.46. The van der Waals surface area contributed by atoms with Crippen molar-refractivity contribution in [1.82, 2.24) is 5.32 Å². The molecule has 0 saturated carbocycles. The van der Waals surface area contributed by atoms with Gasteiger partial charge in [0.2, 0.25) is 0 Å². The van der Waals surface area contributed by atoms with E-state index in [-0.39, 0.29) is 5.82 Å². The smallest absolute Gasteiger partial charge is 0.124 e. The van der Waals surface area contributed by atoms with Gasteiger partial charge in [-0.05, 0) is 35.4 Å². The Bertz CT molecular complexity index is 595. The van der Waals surface area contributed by atoms with Crippen molar-refractivity contribution in [3.05, 3.63) is 63.9 Å². The number of fused-ring (bicyclic) bond motifs is 1. The molecule has 1 heterocycles. The first kappa shape index (κ1) is 13.6. The number of hydrogen-bond acceptors (Lipinski definition) is 2. The number of nitrogens with one attached hydrogen (secondary N) is 1. The minimum atomic E-state index is -0.199. The van der Waals surface area contributed by atoms with E-state index >= 15 is 0 Å². The highest BCUT2D eigenvalue weighted by atomic mass is 79.9. The third kappa shape index (κ3) is 3.02. The molecule has 0 bridgehead atoms. The van der Waals surface area contributed by atoms with E-state index < -0.39 is 0 Å². The molecule has 0 aromatic heterocycles. The fourth-order valence-corrected chi connectivity index (χ4v) is 3.13. The van der Waals surface area contributed by atoms with Crippen LogP contribution in [0.15, 0.2) is 46.9 Å². The molecule has 0 spiro atoms. The Kier molecular flexibility index (Phi) is 4.03. The van der Waals surface area contributed by atoms with E-state index in [9.17, 15) is 4.39 Å². The first-order valence-electron chi connectivity index (χ1n) is 6.71. The Labute approximate surface area is 126 Å². The van der Waals surface area contributed by atoms with Crippen LogP contribution in [0.3, 0.4) is 0 Å². The molecule has 20 heavy (non-hydrogen) atoms. The fourth-order valence-electron chi connectivity index (χ4n) is 2.61. The lowest BCUT2D eigenvalue weighted by molar-refractivity contribution is 0.623. The van der Waals surface area contributed by atoms with Crippen LogP contribution < -0.4 is 10.2 Å². The molecule has 1 aliphatic rings. The maximum Gasteiger partial charge on any atom is 0.124 e. The fraction of sp³-hybridized carbons (Fsp3) is 0.250. The second-order valence-electron chi connectivity index (χ2n) is 5.00. The molecule has 0 amide bonds. The van der Waals surface area contributed by atoms with E-state index in [1.54, 1.807) is 6.07 Å². The summed E-state index contributed by atoms with van der Waals surface area (Å²) in [6, 6.07) is 13.5. The quantitative estimate of drug-likeness (QED) is 0.900. The molecule has 0 atom stereocenters. The minimum Gasteiger partial charge on any atom is -0.366 e. The Hall–Kier alpha value is -1.39. The number of para-hydroxylation sites is 1. The minimum absolute atomic E-state index is 0.199. The Balaban J connectivity index is 1.90. The topological polar surface area (TPSA) is 15.3 Å². The molecule has 0 radical (unpaired) electrons. The highest BCUT2D eigenvalue weighted by Gasteiger charge is 2.15. The molecule has 1 N–H and O–H groups in total. The molecule has 0 unspecified atom stereocenters. The molecule has 1 aliphatic heterocycles. The summed E-state index contributed by atoms with van der Waals surface area (Å²) in [5, 5.41) is 3.42. The van der Waals surface area contributed by atoms with Crippen LogP contribution in [0.2, 0.25) is 0 Å². The summed E-state index contributed by atoms with van der Waals surface area (Å²) in [5.74, 6) is -0.199. The van der Waals surface area contributed by atoms with Crippen molar-refractivity contribution in [2.24, 2.45) is 0 Å². The first-order chi connectivity index (χ1) is 9.72. The molecule has 2 aromatic carbocycles. The number of hydrogen-bond donors (Lipinski definition) is 1. The molecule has 104 valence electrons. The van der Waals surface area contributed by atoms with Gasteiger partial charge in [0.05, 0.1) is 0 Å². The summed E-state index contributed by atoms with van der Waals surface area (Å²) in [7, 11) is 0. The Morgan fingerprint density at radius 1 is 1.20 bits per heavy atom. The zero-order chi connectivity index (χ0) is 13.9. The van der Waals surface area contributed by atoms with E-state index in [1.165, 1.54) is 17.3 Å². The van der Waals surface area contributed by atoms with E-state index in [2.05, 4.69) is 50.4 Å². The van der Waals surface area contributed by atoms with Gasteiger partial charge in [-0.3, -0.25) is 0 Å². The molecule has 0 fully saturated rings. The predicted octanol–water partition coefficient (Wildman–Crippen LogP) is 3.70. The highest BCUT2D eigenvalue weighted by molar-refractivity contribution is 9.10. The third-order valence-electron chi connectivity index (χ3n) is 3.50. The van der Waals surface area contributed by atoms with Crippen molar-refractivity contribution in [2.45, 2.75) is 13.1 Å². The average Bonchev–Trinajstić information content (AvgIpc) is 2.61. The standard InChI is InChI=1S/C16H16BrFN2/c17-14-7-12(8-15(18)9-14)11-20-6-5-19-10-13-3-1-2-4-16(13)20/h1-4,7-9,19H,5-6,10-11H2. The van der Waals surface area contributed by atoms with Crippen LogP contribution in [-0.2, 0) is 13.1 Å². The van der Waals surface area contributed by atoms with Crippen LogP contribution in [0.1, 0.15) is 11.1 Å². The van der Waals surface area contributed by atoms with Crippen molar-refractivity contribution >= 4 is 21.6 Å². The number of nitrogens with zero attached hydrogens (tertiary/aromatic N) is 1. The number of anilines is 1. The predicted molar refractivity (Wildman–Crippen MR) is 83.3 cm³/mol. The highest BCUT2D eigenvalue weighted by Crippen LogP contribution is 2.25. The summed E-state index contributed by atoms with van der Waals surface area (Å²) >= 11 is 3.35. The number of halogens is 2. The van der Waals surface area contributed by atoms with Crippen LogP contribution in [0.25, 0.3) is 0 Å². The normalized spacial score (nSPS) is 14.8. The van der Waals surface area contributed by atoms with E-state index in [4.69, 9.17) is 0 Å². The van der Waals surface area contributed by atoms with Gasteiger partial charge in [0.25, 0.3) is 0 Å². The molecule has 3 rings (SSSR count). The molecule has 4 heteroatoms. The van der Waals surface area contributed by atoms with Gasteiger partial charge in [-0.25, -0.2) is 4.39 Å². The SMILES string of the molecule is Fc1cc(Br)cc(CN2CCNCc3ccccc32)c1. The molecule has 0 saturated heterocycles. The second kappa shape index (κ2) is 5.94. The average molecular weight is 335 g/mol. The Morgan fingerprint density at radius 3 is 2.90 bits per heavy atom. The van der Waals surface area contributed by atoms with Crippen molar-refractivity contribution in [2.75, 3.05) is 18.0 Å². The van der Waals surface area contributed by atoms with Gasteiger partial charge in [0, 0.05) is 36.3 Å². The molecular weight excluding hydrogens is 319 g/mol. The maximum atomic E-state index is 13.5. The largest absolute Gasteiger partial charge is 0.366 e. The zero-order valence-electron chi connectivity index (χ0n) is 11.1. The lowest BCUT2D eigenvalue weighted by Gasteiger charge is -2.24. The lowest BCUT2D eigenvalue weighted by atomic mass is 10.1. The zero-order valence-corrected chi connectivity index (χ0v) is 12.7. The van der Waals surface area contributed by atoms with Gasteiger partial charge in [0.1, 0.15) is 5.82 Å². The van der Waals surface area contributed by atoms with Gasteiger partial charge in [-0.1, -0.05) is 34.1 Å². The van der Waals surface area contributed by atoms with E-state index in [1.807, 2.05) is 6.07 Å². The second-order valence-corrected chi connectivity index (χ2v) is 5.92. The van der Waals surface area contributed by atoms with Crippen LogP contribution in [0.5, 0.6) is 0 Å². The molecular formula is C16H16BrFN2. The summed E-state index contributed by atoms with van der Waals surface area (Å²) < 4.78 is 14.3. The van der Waals surface area contributed by atoms with Crippen LogP contribution in [0, 0.1) is 5.82 Å². The van der Waals surface area contributed by atoms with E-state index in [0.717, 1.165) is 36.2 Å². The number of rotatable bonds is 2. The van der Waals surface area contributed by atoms with Gasteiger partial charge in [0.15, 0.2) is 0 Å². The maximum absolute atomic E-state index is 13.5. The van der Waals surface area contributed by atoms with E-state index in [0.29, 0.717) is 0 Å². The third-order valence-corrected chi connectivity index (χ3v) is 3.96. The van der Waals surface area contributed by atoms with Crippen molar-refractivity contribution in [3.8, 4) is 0 Å². The molecule has 2 nitrogen and oxygen atoms in total. The monoisotopic (exact) mass is 334 g/mol. The summed E-state index contributed by atoms with van der Waals surface area (Å²) in [4.78, 5) is 2.30.